The number of halogens is 1. The van der Waals surface area contributed by atoms with Crippen LogP contribution in [-0.2, 0) is 0 Å². The molecule has 1 aromatic carbocycles. The zero-order chi connectivity index (χ0) is 9.42. The van der Waals surface area contributed by atoms with Crippen LogP contribution in [0.3, 0.4) is 0 Å². The third-order valence-electron chi connectivity index (χ3n) is 1.85. The van der Waals surface area contributed by atoms with Crippen molar-refractivity contribution in [2.45, 2.75) is 4.90 Å². The van der Waals surface area contributed by atoms with Crippen LogP contribution >= 0.6 is 35.6 Å². The molecule has 1 nitrogen and oxygen atoms in total. The molecule has 0 N–H and O–H groups in total. The molecular formula is C9H7ClOS2. The second kappa shape index (κ2) is 3.40. The first kappa shape index (κ1) is 9.19. The average Bonchev–Trinajstić information content (AvgIpc) is 2.60. The van der Waals surface area contributed by atoms with Crippen molar-refractivity contribution in [1.82, 2.24) is 0 Å². The summed E-state index contributed by atoms with van der Waals surface area (Å²) in [4.78, 5) is 0.826. The molecule has 13 heavy (non-hydrogen) atoms. The number of hydrogen-bond acceptors (Lipinski definition) is 3. The summed E-state index contributed by atoms with van der Waals surface area (Å²) in [6.45, 7) is 0. The van der Waals surface area contributed by atoms with Crippen LogP contribution in [0.25, 0.3) is 10.1 Å². The van der Waals surface area contributed by atoms with Gasteiger partial charge in [0.25, 0.3) is 0 Å². The van der Waals surface area contributed by atoms with Gasteiger partial charge in [0.15, 0.2) is 0 Å². The molecule has 0 amide bonds. The topological polar surface area (TPSA) is 9.23 Å². The number of methoxy groups -OCH3 is 1. The highest BCUT2D eigenvalue weighted by Gasteiger charge is 2.09. The minimum atomic E-state index is 0.634. The molecule has 0 aliphatic heterocycles. The molecule has 0 atom stereocenters. The molecule has 0 saturated carbocycles. The predicted octanol–water partition coefficient (Wildman–Crippen LogP) is 3.85. The van der Waals surface area contributed by atoms with Gasteiger partial charge in [0.05, 0.1) is 16.8 Å². The molecule has 0 aliphatic carbocycles. The van der Waals surface area contributed by atoms with Gasteiger partial charge in [0.1, 0.15) is 5.75 Å². The molecule has 1 heterocycles. The van der Waals surface area contributed by atoms with E-state index in [1.807, 2.05) is 11.4 Å². The van der Waals surface area contributed by atoms with Gasteiger partial charge in [-0.3, -0.25) is 0 Å². The van der Waals surface area contributed by atoms with Crippen LogP contribution in [0.4, 0.5) is 0 Å². The van der Waals surface area contributed by atoms with Gasteiger partial charge in [-0.1, -0.05) is 11.6 Å². The largest absolute Gasteiger partial charge is 0.496 e. The predicted molar refractivity (Wildman–Crippen MR) is 60.6 cm³/mol. The number of benzene rings is 1. The van der Waals surface area contributed by atoms with E-state index >= 15 is 0 Å². The summed E-state index contributed by atoms with van der Waals surface area (Å²) in [5, 5.41) is 3.71. The van der Waals surface area contributed by atoms with Crippen molar-refractivity contribution in [3.8, 4) is 5.75 Å². The normalized spacial score (nSPS) is 10.7. The van der Waals surface area contributed by atoms with E-state index in [4.69, 9.17) is 16.3 Å². The molecular weight excluding hydrogens is 224 g/mol. The van der Waals surface area contributed by atoms with Crippen molar-refractivity contribution in [2.75, 3.05) is 7.11 Å². The molecule has 0 fully saturated rings. The molecule has 2 aromatic rings. The first-order valence-corrected chi connectivity index (χ1v) is 5.37. The average molecular weight is 231 g/mol. The third-order valence-corrected chi connectivity index (χ3v) is 3.83. The zero-order valence-electron chi connectivity index (χ0n) is 6.87. The minimum Gasteiger partial charge on any atom is -0.496 e. The van der Waals surface area contributed by atoms with E-state index in [2.05, 4.69) is 12.6 Å². The smallest absolute Gasteiger partial charge is 0.129 e. The Balaban J connectivity index is 2.87. The molecule has 0 saturated heterocycles. The van der Waals surface area contributed by atoms with Crippen LogP contribution in [0.5, 0.6) is 5.75 Å². The third kappa shape index (κ3) is 1.41. The first-order chi connectivity index (χ1) is 6.24. The number of fused-ring (bicyclic) bond motifs is 1. The van der Waals surface area contributed by atoms with Crippen molar-refractivity contribution in [1.29, 1.82) is 0 Å². The van der Waals surface area contributed by atoms with Crippen LogP contribution in [0, 0.1) is 0 Å². The van der Waals surface area contributed by atoms with Gasteiger partial charge < -0.3 is 4.74 Å². The van der Waals surface area contributed by atoms with Crippen molar-refractivity contribution < 1.29 is 4.74 Å². The van der Waals surface area contributed by atoms with E-state index in [1.165, 1.54) is 0 Å². The highest BCUT2D eigenvalue weighted by atomic mass is 35.5. The lowest BCUT2D eigenvalue weighted by Gasteiger charge is -2.04. The van der Waals surface area contributed by atoms with Crippen LogP contribution < -0.4 is 4.74 Å². The number of thiol groups is 1. The van der Waals surface area contributed by atoms with Gasteiger partial charge in [0.2, 0.25) is 0 Å². The summed E-state index contributed by atoms with van der Waals surface area (Å²) in [6, 6.07) is 3.80. The Kier molecular flexibility index (Phi) is 2.41. The molecule has 2 rings (SSSR count). The molecule has 4 heteroatoms. The van der Waals surface area contributed by atoms with Gasteiger partial charge in [-0.2, -0.15) is 0 Å². The van der Waals surface area contributed by atoms with E-state index in [0.29, 0.717) is 5.02 Å². The summed E-state index contributed by atoms with van der Waals surface area (Å²) < 4.78 is 6.29. The zero-order valence-corrected chi connectivity index (χ0v) is 9.34. The van der Waals surface area contributed by atoms with E-state index in [-0.39, 0.29) is 0 Å². The summed E-state index contributed by atoms with van der Waals surface area (Å²) in [5.74, 6) is 0.805. The Morgan fingerprint density at radius 3 is 3.00 bits per heavy atom. The van der Waals surface area contributed by atoms with Crippen molar-refractivity contribution in [3.05, 3.63) is 22.5 Å². The minimum absolute atomic E-state index is 0.634. The summed E-state index contributed by atoms with van der Waals surface area (Å²) in [7, 11) is 1.64. The SMILES string of the molecule is COc1cc(Cl)c(S)c2sccc12. The van der Waals surface area contributed by atoms with E-state index in [0.717, 1.165) is 20.7 Å². The fourth-order valence-electron chi connectivity index (χ4n) is 1.23. The standard InChI is InChI=1S/C9H7ClOS2/c1-11-7-4-6(10)8(12)9-5(7)2-3-13-9/h2-4,12H,1H3. The number of ether oxygens (including phenoxy) is 1. The van der Waals surface area contributed by atoms with Gasteiger partial charge in [-0.25, -0.2) is 0 Å². The first-order valence-electron chi connectivity index (χ1n) is 3.66. The maximum atomic E-state index is 5.98. The van der Waals surface area contributed by atoms with Crippen LogP contribution in [0.15, 0.2) is 22.4 Å². The Morgan fingerprint density at radius 2 is 2.31 bits per heavy atom. The molecule has 0 radical (unpaired) electrons. The maximum absolute atomic E-state index is 5.98. The lowest BCUT2D eigenvalue weighted by atomic mass is 10.2. The maximum Gasteiger partial charge on any atom is 0.129 e. The number of thiophene rings is 1. The van der Waals surface area contributed by atoms with E-state index in [1.54, 1.807) is 24.5 Å². The van der Waals surface area contributed by atoms with E-state index in [9.17, 15) is 0 Å². The Labute approximate surface area is 90.7 Å². The van der Waals surface area contributed by atoms with Gasteiger partial charge >= 0.3 is 0 Å². The molecule has 0 bridgehead atoms. The quantitative estimate of drug-likeness (QED) is 0.733. The van der Waals surface area contributed by atoms with Crippen LogP contribution in [0.1, 0.15) is 0 Å². The summed E-state index contributed by atoms with van der Waals surface area (Å²) in [6.07, 6.45) is 0. The van der Waals surface area contributed by atoms with Crippen LogP contribution in [0.2, 0.25) is 5.02 Å². The summed E-state index contributed by atoms with van der Waals surface area (Å²) in [5.41, 5.74) is 0. The highest BCUT2D eigenvalue weighted by molar-refractivity contribution is 7.81. The second-order valence-corrected chi connectivity index (χ2v) is 4.34. The van der Waals surface area contributed by atoms with Crippen molar-refractivity contribution >= 4 is 45.7 Å². The lowest BCUT2D eigenvalue weighted by Crippen LogP contribution is -1.83. The van der Waals surface area contributed by atoms with Gasteiger partial charge in [-0.05, 0) is 11.4 Å². The highest BCUT2D eigenvalue weighted by Crippen LogP contribution is 2.39. The Morgan fingerprint density at radius 1 is 1.54 bits per heavy atom. The lowest BCUT2D eigenvalue weighted by molar-refractivity contribution is 0.420. The molecule has 0 spiro atoms. The molecule has 0 aliphatic rings. The molecule has 0 unspecified atom stereocenters. The Bertz CT molecular complexity index is 450. The Hall–Kier alpha value is -0.380. The number of rotatable bonds is 1. The number of hydrogen-bond donors (Lipinski definition) is 1. The fourth-order valence-corrected chi connectivity index (χ4v) is 2.68. The van der Waals surface area contributed by atoms with Crippen molar-refractivity contribution in [2.24, 2.45) is 0 Å². The van der Waals surface area contributed by atoms with E-state index < -0.39 is 0 Å². The van der Waals surface area contributed by atoms with Crippen LogP contribution in [-0.4, -0.2) is 7.11 Å². The molecule has 68 valence electrons. The molecule has 1 aromatic heterocycles. The van der Waals surface area contributed by atoms with Crippen molar-refractivity contribution in [3.63, 3.8) is 0 Å². The second-order valence-electron chi connectivity index (χ2n) is 2.57. The monoisotopic (exact) mass is 230 g/mol. The summed E-state index contributed by atoms with van der Waals surface area (Å²) >= 11 is 11.9. The van der Waals surface area contributed by atoms with Gasteiger partial charge in [-0.15, -0.1) is 24.0 Å². The van der Waals surface area contributed by atoms with Gasteiger partial charge in [0, 0.05) is 16.3 Å². The fraction of sp³-hybridized carbons (Fsp3) is 0.111.